The van der Waals surface area contributed by atoms with E-state index in [0.29, 0.717) is 11.0 Å². The molecule has 0 saturated heterocycles. The fourth-order valence-electron chi connectivity index (χ4n) is 4.43. The molecule has 2 aromatic heterocycles. The van der Waals surface area contributed by atoms with E-state index < -0.39 is 21.3 Å². The van der Waals surface area contributed by atoms with Gasteiger partial charge in [0, 0.05) is 31.6 Å². The van der Waals surface area contributed by atoms with E-state index in [2.05, 4.69) is 14.5 Å². The van der Waals surface area contributed by atoms with Gasteiger partial charge in [0.2, 0.25) is 5.88 Å². The van der Waals surface area contributed by atoms with E-state index in [9.17, 15) is 17.6 Å². The molecule has 11 heteroatoms. The van der Waals surface area contributed by atoms with Crippen LogP contribution < -0.4 is 4.74 Å². The van der Waals surface area contributed by atoms with Gasteiger partial charge in [-0.05, 0) is 70.7 Å². The minimum Gasteiger partial charge on any atom is -0.444 e. The molecule has 1 fully saturated rings. The zero-order valence-electron chi connectivity index (χ0n) is 21.1. The lowest BCUT2D eigenvalue weighted by Gasteiger charge is -2.36. The number of benzene rings is 1. The highest BCUT2D eigenvalue weighted by molar-refractivity contribution is 7.90. The Morgan fingerprint density at radius 1 is 1.14 bits per heavy atom. The van der Waals surface area contributed by atoms with E-state index in [4.69, 9.17) is 9.47 Å². The van der Waals surface area contributed by atoms with Crippen molar-refractivity contribution in [3.05, 3.63) is 42.6 Å². The number of fused-ring (bicyclic) bond motifs is 1. The second-order valence-corrected chi connectivity index (χ2v) is 12.2. The second-order valence-electron chi connectivity index (χ2n) is 10.2. The molecule has 36 heavy (non-hydrogen) atoms. The van der Waals surface area contributed by atoms with Crippen LogP contribution in [0.2, 0.25) is 0 Å². The summed E-state index contributed by atoms with van der Waals surface area (Å²) < 4.78 is 51.2. The van der Waals surface area contributed by atoms with Crippen molar-refractivity contribution >= 4 is 27.0 Å². The Kier molecular flexibility index (Phi) is 6.96. The van der Waals surface area contributed by atoms with E-state index in [1.807, 2.05) is 33.0 Å². The fraction of sp³-hybridized carbons (Fsp3) is 0.480. The summed E-state index contributed by atoms with van der Waals surface area (Å²) in [6, 6.07) is 5.61. The number of hydrogen-bond donors (Lipinski definition) is 0. The number of amides is 1. The van der Waals surface area contributed by atoms with Gasteiger partial charge in [0.05, 0.1) is 10.3 Å². The average Bonchev–Trinajstić information content (AvgIpc) is 3.23. The van der Waals surface area contributed by atoms with Gasteiger partial charge in [0.15, 0.2) is 21.4 Å². The normalized spacial score (nSPS) is 18.7. The zero-order chi connectivity index (χ0) is 26.3. The molecular weight excluding hydrogens is 487 g/mol. The van der Waals surface area contributed by atoms with Crippen molar-refractivity contribution < 1.29 is 27.1 Å². The van der Waals surface area contributed by atoms with Crippen molar-refractivity contribution in [3.63, 3.8) is 0 Å². The van der Waals surface area contributed by atoms with Crippen LogP contribution in [0.4, 0.5) is 9.18 Å². The summed E-state index contributed by atoms with van der Waals surface area (Å²) in [4.78, 5) is 22.6. The third kappa shape index (κ3) is 5.61. The number of rotatable bonds is 5. The number of halogens is 1. The molecule has 9 nitrogen and oxygen atoms in total. The monoisotopic (exact) mass is 518 g/mol. The first kappa shape index (κ1) is 25.9. The summed E-state index contributed by atoms with van der Waals surface area (Å²) in [7, 11) is -1.75. The summed E-state index contributed by atoms with van der Waals surface area (Å²) in [5.74, 6) is -0.736. The third-order valence-corrected chi connectivity index (χ3v) is 7.41. The van der Waals surface area contributed by atoms with E-state index in [1.165, 1.54) is 18.5 Å². The SMILES string of the molecule is CN(C(=O)OC(C)(C)C)C1CCC(n2ccc3c(Oc4ccc(S(C)(=O)=O)cc4F)ncnc32)CC1. The molecule has 1 saturated carbocycles. The Bertz CT molecular complexity index is 1370. The number of carbonyl (C=O) groups is 1. The molecule has 0 aliphatic heterocycles. The molecule has 1 aromatic carbocycles. The van der Waals surface area contributed by atoms with E-state index in [-0.39, 0.29) is 34.7 Å². The Hall–Kier alpha value is -3.21. The smallest absolute Gasteiger partial charge is 0.410 e. The van der Waals surface area contributed by atoms with Crippen LogP contribution in [-0.2, 0) is 14.6 Å². The van der Waals surface area contributed by atoms with Crippen molar-refractivity contribution in [2.45, 2.75) is 69.0 Å². The number of sulfone groups is 1. The lowest BCUT2D eigenvalue weighted by molar-refractivity contribution is 0.0175. The molecule has 1 aliphatic rings. The lowest BCUT2D eigenvalue weighted by Crippen LogP contribution is -2.42. The van der Waals surface area contributed by atoms with Crippen LogP contribution in [0.15, 0.2) is 41.7 Å². The van der Waals surface area contributed by atoms with Crippen molar-refractivity contribution in [2.75, 3.05) is 13.3 Å². The largest absolute Gasteiger partial charge is 0.444 e. The molecule has 4 rings (SSSR count). The Morgan fingerprint density at radius 3 is 2.44 bits per heavy atom. The topological polar surface area (TPSA) is 104 Å². The van der Waals surface area contributed by atoms with Gasteiger partial charge in [0.1, 0.15) is 17.6 Å². The van der Waals surface area contributed by atoms with Gasteiger partial charge in [-0.25, -0.2) is 27.6 Å². The molecule has 3 aromatic rings. The first-order valence-corrected chi connectivity index (χ1v) is 13.7. The summed E-state index contributed by atoms with van der Waals surface area (Å²) >= 11 is 0. The predicted octanol–water partition coefficient (Wildman–Crippen LogP) is 5.12. The van der Waals surface area contributed by atoms with Crippen LogP contribution in [-0.4, -0.2) is 58.9 Å². The van der Waals surface area contributed by atoms with E-state index >= 15 is 0 Å². The van der Waals surface area contributed by atoms with Gasteiger partial charge in [-0.2, -0.15) is 0 Å². The fourth-order valence-corrected chi connectivity index (χ4v) is 5.06. The molecule has 0 N–H and O–H groups in total. The maximum Gasteiger partial charge on any atom is 0.410 e. The van der Waals surface area contributed by atoms with Gasteiger partial charge in [-0.1, -0.05) is 0 Å². The Labute approximate surface area is 210 Å². The van der Waals surface area contributed by atoms with E-state index in [1.54, 1.807) is 11.9 Å². The van der Waals surface area contributed by atoms with E-state index in [0.717, 1.165) is 38.0 Å². The number of ether oxygens (including phenoxy) is 2. The Morgan fingerprint density at radius 2 is 1.83 bits per heavy atom. The van der Waals surface area contributed by atoms with Crippen LogP contribution in [0.25, 0.3) is 11.0 Å². The van der Waals surface area contributed by atoms with Gasteiger partial charge >= 0.3 is 6.09 Å². The maximum atomic E-state index is 14.5. The van der Waals surface area contributed by atoms with Gasteiger partial charge in [0.25, 0.3) is 0 Å². The number of aromatic nitrogens is 3. The molecule has 0 atom stereocenters. The molecule has 0 unspecified atom stereocenters. The highest BCUT2D eigenvalue weighted by atomic mass is 32.2. The Balaban J connectivity index is 1.48. The summed E-state index contributed by atoms with van der Waals surface area (Å²) in [5, 5.41) is 0.622. The van der Waals surface area contributed by atoms with Crippen molar-refractivity contribution in [1.29, 1.82) is 0 Å². The van der Waals surface area contributed by atoms with Crippen molar-refractivity contribution in [3.8, 4) is 11.6 Å². The van der Waals surface area contributed by atoms with Crippen molar-refractivity contribution in [2.24, 2.45) is 0 Å². The quantitative estimate of drug-likeness (QED) is 0.462. The molecule has 0 spiro atoms. The minimum absolute atomic E-state index is 0.101. The van der Waals surface area contributed by atoms with Crippen LogP contribution in [0.3, 0.4) is 0 Å². The van der Waals surface area contributed by atoms with Crippen LogP contribution in [0, 0.1) is 5.82 Å². The number of carbonyl (C=O) groups excluding carboxylic acids is 1. The molecular formula is C25H31FN4O5S. The van der Waals surface area contributed by atoms with Crippen LogP contribution >= 0.6 is 0 Å². The number of hydrogen-bond acceptors (Lipinski definition) is 7. The first-order valence-electron chi connectivity index (χ1n) is 11.8. The molecule has 0 radical (unpaired) electrons. The second kappa shape index (κ2) is 9.68. The van der Waals surface area contributed by atoms with Gasteiger partial charge in [-0.15, -0.1) is 0 Å². The van der Waals surface area contributed by atoms with Gasteiger partial charge in [-0.3, -0.25) is 0 Å². The maximum absolute atomic E-state index is 14.5. The minimum atomic E-state index is -3.53. The zero-order valence-corrected chi connectivity index (χ0v) is 21.9. The van der Waals surface area contributed by atoms with Crippen molar-refractivity contribution in [1.82, 2.24) is 19.4 Å². The predicted molar refractivity (Wildman–Crippen MR) is 132 cm³/mol. The standard InChI is InChI=1S/C25H31FN4O5S/c1-25(2,3)35-24(31)29(4)16-6-8-17(9-7-16)30-13-12-19-22(30)27-15-28-23(19)34-21-11-10-18(14-20(21)26)36(5,32)33/h10-17H,6-9H2,1-5H3. The molecule has 0 bridgehead atoms. The lowest BCUT2D eigenvalue weighted by atomic mass is 9.90. The molecule has 194 valence electrons. The summed E-state index contributed by atoms with van der Waals surface area (Å²) in [6.45, 7) is 5.56. The average molecular weight is 519 g/mol. The highest BCUT2D eigenvalue weighted by Crippen LogP contribution is 2.36. The third-order valence-electron chi connectivity index (χ3n) is 6.30. The summed E-state index contributed by atoms with van der Waals surface area (Å²) in [5.41, 5.74) is 0.127. The molecule has 1 amide bonds. The highest BCUT2D eigenvalue weighted by Gasteiger charge is 2.30. The molecule has 1 aliphatic carbocycles. The number of nitrogens with zero attached hydrogens (tertiary/aromatic N) is 4. The molecule has 2 heterocycles. The first-order chi connectivity index (χ1) is 16.8. The van der Waals surface area contributed by atoms with Crippen LogP contribution in [0.1, 0.15) is 52.5 Å². The van der Waals surface area contributed by atoms with Gasteiger partial charge < -0.3 is 18.9 Å². The summed E-state index contributed by atoms with van der Waals surface area (Å²) in [6.07, 6.45) is 7.33. The van der Waals surface area contributed by atoms with Crippen LogP contribution in [0.5, 0.6) is 11.6 Å².